The molecule has 1 saturated heterocycles. The summed E-state index contributed by atoms with van der Waals surface area (Å²) in [6, 6.07) is 2.05. The molecule has 1 amide bonds. The number of rotatable bonds is 5. The van der Waals surface area contributed by atoms with Crippen molar-refractivity contribution in [3.05, 3.63) is 49.3 Å². The number of nitrogens with zero attached hydrogens (tertiary/aromatic N) is 2. The maximum Gasteiger partial charge on any atom is 0.263 e. The summed E-state index contributed by atoms with van der Waals surface area (Å²) >= 11 is 1.76. The maximum absolute atomic E-state index is 12.9. The summed E-state index contributed by atoms with van der Waals surface area (Å²) in [4.78, 5) is 31.7. The van der Waals surface area contributed by atoms with Crippen molar-refractivity contribution in [2.24, 2.45) is 0 Å². The molecular weight excluding hydrogens is 360 g/mol. The van der Waals surface area contributed by atoms with Gasteiger partial charge < -0.3 is 15.2 Å². The number of hydrogen-bond acceptors (Lipinski definition) is 5. The zero-order valence-corrected chi connectivity index (χ0v) is 16.5. The molecule has 0 radical (unpaired) electrons. The van der Waals surface area contributed by atoms with Gasteiger partial charge in [0, 0.05) is 30.1 Å². The monoisotopic (exact) mass is 386 g/mol. The number of carbonyl (C=O) groups is 1. The Morgan fingerprint density at radius 1 is 1.37 bits per heavy atom. The van der Waals surface area contributed by atoms with E-state index in [1.165, 1.54) is 17.0 Å². The van der Waals surface area contributed by atoms with Gasteiger partial charge in [-0.2, -0.15) is 0 Å². The summed E-state index contributed by atoms with van der Waals surface area (Å²) in [5.41, 5.74) is 2.08. The van der Waals surface area contributed by atoms with Crippen molar-refractivity contribution < 1.29 is 4.79 Å². The van der Waals surface area contributed by atoms with Crippen LogP contribution in [0.5, 0.6) is 0 Å². The summed E-state index contributed by atoms with van der Waals surface area (Å²) in [6.07, 6.45) is 7.81. The molecule has 1 aliphatic heterocycles. The minimum atomic E-state index is -0.273. The van der Waals surface area contributed by atoms with Crippen molar-refractivity contribution in [1.82, 2.24) is 20.2 Å². The van der Waals surface area contributed by atoms with E-state index in [1.54, 1.807) is 15.9 Å². The van der Waals surface area contributed by atoms with Gasteiger partial charge in [0.05, 0.1) is 10.7 Å². The third-order valence-corrected chi connectivity index (χ3v) is 6.74. The van der Waals surface area contributed by atoms with Crippen LogP contribution in [0, 0.1) is 6.92 Å². The van der Waals surface area contributed by atoms with Crippen LogP contribution in [0.15, 0.2) is 17.1 Å². The zero-order chi connectivity index (χ0) is 18.8. The molecule has 144 valence electrons. The highest BCUT2D eigenvalue weighted by Crippen LogP contribution is 2.27. The molecule has 1 aliphatic carbocycles. The number of piperidine rings is 1. The fraction of sp³-hybridized carbons (Fsp3) is 0.550. The van der Waals surface area contributed by atoms with Crippen LogP contribution in [-0.2, 0) is 19.3 Å². The van der Waals surface area contributed by atoms with Crippen LogP contribution in [0.3, 0.4) is 0 Å². The van der Waals surface area contributed by atoms with Crippen LogP contribution in [0.4, 0.5) is 0 Å². The van der Waals surface area contributed by atoms with Gasteiger partial charge in [-0.05, 0) is 63.7 Å². The van der Waals surface area contributed by atoms with Crippen molar-refractivity contribution in [3.8, 4) is 0 Å². The lowest BCUT2D eigenvalue weighted by molar-refractivity contribution is 0.0951. The number of hydrogen-bond donors (Lipinski definition) is 2. The van der Waals surface area contributed by atoms with Crippen molar-refractivity contribution in [1.29, 1.82) is 0 Å². The minimum Gasteiger partial charge on any atom is -0.351 e. The number of pyridine rings is 1. The fourth-order valence-electron chi connectivity index (χ4n) is 4.01. The van der Waals surface area contributed by atoms with E-state index in [0.717, 1.165) is 55.8 Å². The third-order valence-electron chi connectivity index (χ3n) is 5.52. The van der Waals surface area contributed by atoms with Gasteiger partial charge in [-0.15, -0.1) is 11.3 Å². The second kappa shape index (κ2) is 7.94. The lowest BCUT2D eigenvalue weighted by atomic mass is 10.0. The molecule has 0 saturated carbocycles. The molecular formula is C20H26N4O2S. The van der Waals surface area contributed by atoms with Gasteiger partial charge in [0.2, 0.25) is 0 Å². The van der Waals surface area contributed by atoms with Gasteiger partial charge in [0.1, 0.15) is 5.56 Å². The average molecular weight is 387 g/mol. The first-order valence-corrected chi connectivity index (χ1v) is 10.6. The van der Waals surface area contributed by atoms with Gasteiger partial charge in [0.25, 0.3) is 11.5 Å². The highest BCUT2D eigenvalue weighted by Gasteiger charge is 2.21. The molecule has 27 heavy (non-hydrogen) atoms. The SMILES string of the molecule is Cc1ccn(C2CCNCC2)c(=O)c1C(=O)NCCc1nc2c(s1)CCC2. The first kappa shape index (κ1) is 18.4. The van der Waals surface area contributed by atoms with E-state index in [4.69, 9.17) is 0 Å². The second-order valence-electron chi connectivity index (χ2n) is 7.40. The van der Waals surface area contributed by atoms with Crippen LogP contribution in [0.25, 0.3) is 0 Å². The summed E-state index contributed by atoms with van der Waals surface area (Å²) in [5.74, 6) is -0.273. The van der Waals surface area contributed by atoms with E-state index in [-0.39, 0.29) is 23.1 Å². The molecule has 0 atom stereocenters. The van der Waals surface area contributed by atoms with Crippen LogP contribution < -0.4 is 16.2 Å². The van der Waals surface area contributed by atoms with Gasteiger partial charge in [-0.1, -0.05) is 0 Å². The van der Waals surface area contributed by atoms with E-state index in [0.29, 0.717) is 6.54 Å². The Bertz CT molecular complexity index is 874. The molecule has 6 nitrogen and oxygen atoms in total. The predicted molar refractivity (Wildman–Crippen MR) is 107 cm³/mol. The molecule has 2 N–H and O–H groups in total. The number of fused-ring (bicyclic) bond motifs is 1. The molecule has 2 aliphatic rings. The van der Waals surface area contributed by atoms with E-state index in [1.807, 2.05) is 19.2 Å². The molecule has 3 heterocycles. The number of nitrogens with one attached hydrogen (secondary N) is 2. The standard InChI is InChI=1S/C20H26N4O2S/c1-13-8-12-24(14-5-9-21-10-6-14)20(26)18(13)19(25)22-11-7-17-23-15-3-2-4-16(15)27-17/h8,12,14,21H,2-7,9-11H2,1H3,(H,22,25). The minimum absolute atomic E-state index is 0.170. The van der Waals surface area contributed by atoms with Crippen molar-refractivity contribution in [3.63, 3.8) is 0 Å². The molecule has 7 heteroatoms. The van der Waals surface area contributed by atoms with Gasteiger partial charge in [-0.25, -0.2) is 4.98 Å². The van der Waals surface area contributed by atoms with Crippen molar-refractivity contribution >= 4 is 17.2 Å². The molecule has 0 unspecified atom stereocenters. The lowest BCUT2D eigenvalue weighted by Crippen LogP contribution is -2.38. The van der Waals surface area contributed by atoms with Crippen LogP contribution >= 0.6 is 11.3 Å². The Balaban J connectivity index is 1.43. The highest BCUT2D eigenvalue weighted by atomic mass is 32.1. The zero-order valence-electron chi connectivity index (χ0n) is 15.7. The smallest absolute Gasteiger partial charge is 0.263 e. The van der Waals surface area contributed by atoms with Crippen molar-refractivity contribution in [2.75, 3.05) is 19.6 Å². The Labute approximate surface area is 163 Å². The van der Waals surface area contributed by atoms with E-state index < -0.39 is 0 Å². The highest BCUT2D eigenvalue weighted by molar-refractivity contribution is 7.11. The molecule has 0 bridgehead atoms. The number of carbonyl (C=O) groups excluding carboxylic acids is 1. The Kier molecular flexibility index (Phi) is 5.41. The molecule has 2 aromatic heterocycles. The summed E-state index contributed by atoms with van der Waals surface area (Å²) in [7, 11) is 0. The fourth-order valence-corrected chi connectivity index (χ4v) is 5.17. The quantitative estimate of drug-likeness (QED) is 0.824. The molecule has 2 aromatic rings. The van der Waals surface area contributed by atoms with Gasteiger partial charge in [0.15, 0.2) is 0 Å². The molecule has 4 rings (SSSR count). The van der Waals surface area contributed by atoms with E-state index in [9.17, 15) is 9.59 Å². The average Bonchev–Trinajstić information content (AvgIpc) is 3.24. The predicted octanol–water partition coefficient (Wildman–Crippen LogP) is 2.00. The second-order valence-corrected chi connectivity index (χ2v) is 8.57. The van der Waals surface area contributed by atoms with Crippen molar-refractivity contribution in [2.45, 2.75) is 51.5 Å². The molecule has 0 aromatic carbocycles. The molecule has 1 fully saturated rings. The largest absolute Gasteiger partial charge is 0.351 e. The summed E-state index contributed by atoms with van der Waals surface area (Å²) in [5, 5.41) is 7.32. The number of amides is 1. The van der Waals surface area contributed by atoms with Crippen LogP contribution in [-0.4, -0.2) is 35.1 Å². The van der Waals surface area contributed by atoms with E-state index in [2.05, 4.69) is 15.6 Å². The Morgan fingerprint density at radius 2 is 2.19 bits per heavy atom. The number of thiazole rings is 1. The van der Waals surface area contributed by atoms with E-state index >= 15 is 0 Å². The normalized spacial score (nSPS) is 17.1. The number of aryl methyl sites for hydroxylation is 3. The van der Waals surface area contributed by atoms with Crippen LogP contribution in [0.2, 0.25) is 0 Å². The third kappa shape index (κ3) is 3.84. The topological polar surface area (TPSA) is 76.0 Å². The maximum atomic E-state index is 12.9. The first-order chi connectivity index (χ1) is 13.1. The lowest BCUT2D eigenvalue weighted by Gasteiger charge is -2.25. The Hall–Kier alpha value is -1.99. The Morgan fingerprint density at radius 3 is 2.96 bits per heavy atom. The molecule has 0 spiro atoms. The van der Waals surface area contributed by atoms with Gasteiger partial charge >= 0.3 is 0 Å². The van der Waals surface area contributed by atoms with Gasteiger partial charge in [-0.3, -0.25) is 9.59 Å². The number of aromatic nitrogens is 2. The summed E-state index contributed by atoms with van der Waals surface area (Å²) < 4.78 is 1.74. The summed E-state index contributed by atoms with van der Waals surface area (Å²) in [6.45, 7) is 4.15. The first-order valence-electron chi connectivity index (χ1n) is 9.81. The van der Waals surface area contributed by atoms with Crippen LogP contribution in [0.1, 0.15) is 56.8 Å².